The number of carbonyl (C=O) groups excluding carboxylic acids is 1. The van der Waals surface area contributed by atoms with E-state index in [1.54, 1.807) is 11.8 Å². The first kappa shape index (κ1) is 17.6. The zero-order chi connectivity index (χ0) is 16.7. The van der Waals surface area contributed by atoms with E-state index in [-0.39, 0.29) is 16.7 Å². The number of amides is 1. The fourth-order valence-electron chi connectivity index (χ4n) is 2.46. The molecule has 2 aromatic rings. The molecule has 0 bridgehead atoms. The van der Waals surface area contributed by atoms with Crippen LogP contribution in [0.2, 0.25) is 0 Å². The monoisotopic (exact) mass is 327 g/mol. The summed E-state index contributed by atoms with van der Waals surface area (Å²) in [7, 11) is 0. The minimum atomic E-state index is -0.250. The second-order valence-electron chi connectivity index (χ2n) is 6.47. The maximum atomic E-state index is 12.4. The molecule has 0 aromatic heterocycles. The molecule has 0 heterocycles. The van der Waals surface area contributed by atoms with E-state index in [1.165, 1.54) is 11.1 Å². The molecule has 0 aliphatic carbocycles. The molecule has 1 amide bonds. The Morgan fingerprint density at radius 3 is 2.09 bits per heavy atom. The third kappa shape index (κ3) is 6.11. The lowest BCUT2D eigenvalue weighted by Gasteiger charge is -2.28. The molecule has 122 valence electrons. The molecule has 23 heavy (non-hydrogen) atoms. The van der Waals surface area contributed by atoms with E-state index in [9.17, 15) is 4.79 Å². The minimum Gasteiger partial charge on any atom is -0.350 e. The Bertz CT molecular complexity index is 610. The highest BCUT2D eigenvalue weighted by Gasteiger charge is 2.24. The Balaban J connectivity index is 1.84. The van der Waals surface area contributed by atoms with Crippen molar-refractivity contribution in [2.45, 2.75) is 43.7 Å². The lowest BCUT2D eigenvalue weighted by atomic mass is 9.95. The smallest absolute Gasteiger partial charge is 0.233 e. The number of thioether (sulfide) groups is 1. The van der Waals surface area contributed by atoms with Crippen molar-refractivity contribution in [1.29, 1.82) is 0 Å². The van der Waals surface area contributed by atoms with Crippen LogP contribution >= 0.6 is 11.8 Å². The average molecular weight is 327 g/mol. The van der Waals surface area contributed by atoms with Gasteiger partial charge in [-0.05, 0) is 38.3 Å². The van der Waals surface area contributed by atoms with Crippen LogP contribution in [0.1, 0.15) is 31.9 Å². The summed E-state index contributed by atoms with van der Waals surface area (Å²) in [5, 5.41) is 3.12. The number of hydrogen-bond donors (Lipinski definition) is 1. The number of hydrogen-bond acceptors (Lipinski definition) is 2. The molecule has 3 heteroatoms. The van der Waals surface area contributed by atoms with Crippen molar-refractivity contribution in [1.82, 2.24) is 5.32 Å². The van der Waals surface area contributed by atoms with Gasteiger partial charge in [0.25, 0.3) is 0 Å². The Kier molecular flexibility index (Phi) is 6.28. The normalized spacial score (nSPS) is 12.7. The van der Waals surface area contributed by atoms with Crippen LogP contribution in [-0.4, -0.2) is 16.7 Å². The quantitative estimate of drug-likeness (QED) is 0.814. The fourth-order valence-corrected chi connectivity index (χ4v) is 3.30. The summed E-state index contributed by atoms with van der Waals surface area (Å²) in [5.74, 6) is 0.959. The molecule has 2 rings (SSSR count). The van der Waals surface area contributed by atoms with Gasteiger partial charge in [-0.2, -0.15) is 0 Å². The highest BCUT2D eigenvalue weighted by atomic mass is 32.2. The molecule has 0 spiro atoms. The topological polar surface area (TPSA) is 29.1 Å². The SMILES string of the molecule is C[C@@H](SCc1ccccc1)C(=O)NC(C)(C)Cc1ccccc1. The van der Waals surface area contributed by atoms with Gasteiger partial charge >= 0.3 is 0 Å². The van der Waals surface area contributed by atoms with Crippen LogP contribution in [0.3, 0.4) is 0 Å². The van der Waals surface area contributed by atoms with Gasteiger partial charge in [0, 0.05) is 11.3 Å². The number of benzene rings is 2. The maximum Gasteiger partial charge on any atom is 0.233 e. The molecule has 0 fully saturated rings. The first-order chi connectivity index (χ1) is 11.0. The van der Waals surface area contributed by atoms with E-state index < -0.39 is 0 Å². The van der Waals surface area contributed by atoms with Crippen molar-refractivity contribution in [3.63, 3.8) is 0 Å². The molecule has 1 N–H and O–H groups in total. The van der Waals surface area contributed by atoms with Gasteiger partial charge in [-0.3, -0.25) is 4.79 Å². The number of rotatable bonds is 7. The van der Waals surface area contributed by atoms with Gasteiger partial charge in [0.15, 0.2) is 0 Å². The van der Waals surface area contributed by atoms with E-state index in [2.05, 4.69) is 43.4 Å². The Morgan fingerprint density at radius 2 is 1.52 bits per heavy atom. The molecule has 0 aliphatic rings. The molecule has 1 atom stereocenters. The number of carbonyl (C=O) groups is 1. The molecule has 2 nitrogen and oxygen atoms in total. The first-order valence-electron chi connectivity index (χ1n) is 7.98. The van der Waals surface area contributed by atoms with Gasteiger partial charge in [0.05, 0.1) is 5.25 Å². The van der Waals surface area contributed by atoms with Gasteiger partial charge in [0.1, 0.15) is 0 Å². The first-order valence-corrected chi connectivity index (χ1v) is 9.03. The summed E-state index contributed by atoms with van der Waals surface area (Å²) >= 11 is 1.67. The maximum absolute atomic E-state index is 12.4. The molecule has 0 unspecified atom stereocenters. The molecular formula is C20H25NOS. The molecular weight excluding hydrogens is 302 g/mol. The summed E-state index contributed by atoms with van der Waals surface area (Å²) in [6.45, 7) is 6.13. The molecule has 0 radical (unpaired) electrons. The van der Waals surface area contributed by atoms with Crippen molar-refractivity contribution in [3.8, 4) is 0 Å². The minimum absolute atomic E-state index is 0.0646. The van der Waals surface area contributed by atoms with Crippen LogP contribution in [0, 0.1) is 0 Å². The van der Waals surface area contributed by atoms with Crippen LogP contribution in [0.4, 0.5) is 0 Å². The van der Waals surface area contributed by atoms with Crippen molar-refractivity contribution in [2.24, 2.45) is 0 Å². The molecule has 0 saturated carbocycles. The van der Waals surface area contributed by atoms with Crippen molar-refractivity contribution in [3.05, 3.63) is 71.8 Å². The summed E-state index contributed by atoms with van der Waals surface area (Å²) < 4.78 is 0. The van der Waals surface area contributed by atoms with E-state index in [4.69, 9.17) is 0 Å². The van der Waals surface area contributed by atoms with Crippen LogP contribution in [0.25, 0.3) is 0 Å². The zero-order valence-electron chi connectivity index (χ0n) is 14.1. The Hall–Kier alpha value is -1.74. The summed E-state index contributed by atoms with van der Waals surface area (Å²) in [5.41, 5.74) is 2.24. The molecule has 0 saturated heterocycles. The average Bonchev–Trinajstić information content (AvgIpc) is 2.53. The van der Waals surface area contributed by atoms with E-state index in [0.29, 0.717) is 0 Å². The van der Waals surface area contributed by atoms with Gasteiger partial charge in [-0.25, -0.2) is 0 Å². The lowest BCUT2D eigenvalue weighted by Crippen LogP contribution is -2.48. The van der Waals surface area contributed by atoms with Crippen LogP contribution < -0.4 is 5.32 Å². The zero-order valence-corrected chi connectivity index (χ0v) is 14.9. The Labute approximate surface area is 143 Å². The van der Waals surface area contributed by atoms with Gasteiger partial charge in [-0.1, -0.05) is 60.7 Å². The van der Waals surface area contributed by atoms with E-state index >= 15 is 0 Å². The van der Waals surface area contributed by atoms with Crippen LogP contribution in [-0.2, 0) is 17.0 Å². The third-order valence-corrected chi connectivity index (χ3v) is 4.88. The van der Waals surface area contributed by atoms with Crippen LogP contribution in [0.5, 0.6) is 0 Å². The van der Waals surface area contributed by atoms with E-state index in [0.717, 1.165) is 12.2 Å². The van der Waals surface area contributed by atoms with Crippen molar-refractivity contribution < 1.29 is 4.79 Å². The Morgan fingerprint density at radius 1 is 1.00 bits per heavy atom. The third-order valence-electron chi connectivity index (χ3n) is 3.66. The van der Waals surface area contributed by atoms with Crippen molar-refractivity contribution >= 4 is 17.7 Å². The predicted molar refractivity (Wildman–Crippen MR) is 99.6 cm³/mol. The largest absolute Gasteiger partial charge is 0.350 e. The highest BCUT2D eigenvalue weighted by molar-refractivity contribution is 7.99. The van der Waals surface area contributed by atoms with Crippen LogP contribution in [0.15, 0.2) is 60.7 Å². The second kappa shape index (κ2) is 8.21. The number of nitrogens with one attached hydrogen (secondary N) is 1. The fraction of sp³-hybridized carbons (Fsp3) is 0.350. The summed E-state index contributed by atoms with van der Waals surface area (Å²) in [6.07, 6.45) is 0.829. The van der Waals surface area contributed by atoms with Gasteiger partial charge in [0.2, 0.25) is 5.91 Å². The van der Waals surface area contributed by atoms with E-state index in [1.807, 2.05) is 43.3 Å². The molecule has 0 aliphatic heterocycles. The van der Waals surface area contributed by atoms with Gasteiger partial charge < -0.3 is 5.32 Å². The standard InChI is InChI=1S/C20H25NOS/c1-16(23-15-18-12-8-5-9-13-18)19(22)21-20(2,3)14-17-10-6-4-7-11-17/h4-13,16H,14-15H2,1-3H3,(H,21,22)/t16-/m1/s1. The predicted octanol–water partition coefficient (Wildman–Crippen LogP) is 4.45. The lowest BCUT2D eigenvalue weighted by molar-refractivity contribution is -0.121. The highest BCUT2D eigenvalue weighted by Crippen LogP contribution is 2.19. The summed E-state index contributed by atoms with van der Waals surface area (Å²) in [6, 6.07) is 20.5. The van der Waals surface area contributed by atoms with Crippen molar-refractivity contribution in [2.75, 3.05) is 0 Å². The summed E-state index contributed by atoms with van der Waals surface area (Å²) in [4.78, 5) is 12.4. The van der Waals surface area contributed by atoms with Gasteiger partial charge in [-0.15, -0.1) is 11.8 Å². The molecule has 2 aromatic carbocycles. The second-order valence-corrected chi connectivity index (χ2v) is 7.80.